The number of hydrogen-bond donors (Lipinski definition) is 1. The van der Waals surface area contributed by atoms with Gasteiger partial charge in [-0.25, -0.2) is 4.98 Å². The van der Waals surface area contributed by atoms with Gasteiger partial charge in [0.1, 0.15) is 5.82 Å². The van der Waals surface area contributed by atoms with Gasteiger partial charge in [-0.15, -0.1) is 0 Å². The number of nitrogens with zero attached hydrogens (tertiary/aromatic N) is 3. The van der Waals surface area contributed by atoms with E-state index in [0.717, 1.165) is 43.3 Å². The molecule has 1 heterocycles. The maximum Gasteiger partial charge on any atom is 0.150 e. The summed E-state index contributed by atoms with van der Waals surface area (Å²) in [6.07, 6.45) is 2.94. The molecule has 0 spiro atoms. The normalized spacial score (nSPS) is 10.5. The maximum atomic E-state index is 4.58. The zero-order valence-electron chi connectivity index (χ0n) is 10.7. The lowest BCUT2D eigenvalue weighted by Gasteiger charge is -2.24. The van der Waals surface area contributed by atoms with Crippen molar-refractivity contribution in [3.63, 3.8) is 0 Å². The Morgan fingerprint density at radius 3 is 2.69 bits per heavy atom. The molecular weight excluding hydrogens is 200 g/mol. The highest BCUT2D eigenvalue weighted by Crippen LogP contribution is 2.15. The first kappa shape index (κ1) is 12.9. The predicted octanol–water partition coefficient (Wildman–Crippen LogP) is 1.53. The Morgan fingerprint density at radius 1 is 1.31 bits per heavy atom. The number of hydrogen-bond acceptors (Lipinski definition) is 4. The Kier molecular flexibility index (Phi) is 5.19. The van der Waals surface area contributed by atoms with Gasteiger partial charge in [-0.2, -0.15) is 0 Å². The zero-order chi connectivity index (χ0) is 12.0. The summed E-state index contributed by atoms with van der Waals surface area (Å²) in [6.45, 7) is 9.16. The summed E-state index contributed by atoms with van der Waals surface area (Å²) in [6, 6.07) is 0. The second kappa shape index (κ2) is 6.43. The minimum absolute atomic E-state index is 0.967. The number of nitrogens with one attached hydrogen (secondary N) is 1. The molecule has 1 aromatic heterocycles. The molecule has 0 saturated carbocycles. The fraction of sp³-hybridized carbons (Fsp3) is 0.667. The fourth-order valence-corrected chi connectivity index (χ4v) is 1.66. The second-order valence-electron chi connectivity index (χ2n) is 4.01. The smallest absolute Gasteiger partial charge is 0.150 e. The molecule has 0 amide bonds. The highest BCUT2D eigenvalue weighted by molar-refractivity contribution is 5.43. The lowest BCUT2D eigenvalue weighted by atomic mass is 10.3. The lowest BCUT2D eigenvalue weighted by molar-refractivity contribution is 0.697. The average Bonchev–Trinajstić information content (AvgIpc) is 2.28. The van der Waals surface area contributed by atoms with Gasteiger partial charge in [0.15, 0.2) is 0 Å². The van der Waals surface area contributed by atoms with E-state index in [-0.39, 0.29) is 0 Å². The van der Waals surface area contributed by atoms with Gasteiger partial charge in [0, 0.05) is 25.8 Å². The summed E-state index contributed by atoms with van der Waals surface area (Å²) >= 11 is 0. The first-order valence-electron chi connectivity index (χ1n) is 5.88. The van der Waals surface area contributed by atoms with E-state index in [1.807, 2.05) is 27.1 Å². The summed E-state index contributed by atoms with van der Waals surface area (Å²) in [5.41, 5.74) is 1.99. The molecule has 0 unspecified atom stereocenters. The minimum atomic E-state index is 0.967. The first-order chi connectivity index (χ1) is 7.69. The van der Waals surface area contributed by atoms with Crippen molar-refractivity contribution in [3.8, 4) is 0 Å². The van der Waals surface area contributed by atoms with Gasteiger partial charge in [-0.1, -0.05) is 6.92 Å². The number of anilines is 1. The molecule has 16 heavy (non-hydrogen) atoms. The molecule has 90 valence electrons. The molecule has 0 radical (unpaired) electrons. The van der Waals surface area contributed by atoms with Crippen molar-refractivity contribution in [2.75, 3.05) is 31.6 Å². The van der Waals surface area contributed by atoms with Crippen LogP contribution < -0.4 is 10.2 Å². The van der Waals surface area contributed by atoms with Crippen molar-refractivity contribution in [2.45, 2.75) is 27.2 Å². The molecule has 0 aliphatic carbocycles. The van der Waals surface area contributed by atoms with Crippen LogP contribution in [0.15, 0.2) is 6.20 Å². The highest BCUT2D eigenvalue weighted by atomic mass is 15.2. The SMILES string of the molecule is CCCN(CCNC)c1nc(C)cnc1C. The van der Waals surface area contributed by atoms with Gasteiger partial charge < -0.3 is 10.2 Å². The van der Waals surface area contributed by atoms with E-state index in [1.165, 1.54) is 0 Å². The Hall–Kier alpha value is -1.16. The Morgan fingerprint density at radius 2 is 2.06 bits per heavy atom. The third kappa shape index (κ3) is 3.45. The van der Waals surface area contributed by atoms with Gasteiger partial charge in [0.25, 0.3) is 0 Å². The molecule has 1 aromatic rings. The van der Waals surface area contributed by atoms with Crippen LogP contribution in [0.5, 0.6) is 0 Å². The number of aryl methyl sites for hydroxylation is 2. The molecule has 4 heteroatoms. The molecule has 0 bridgehead atoms. The van der Waals surface area contributed by atoms with Crippen molar-refractivity contribution < 1.29 is 0 Å². The van der Waals surface area contributed by atoms with Gasteiger partial charge in [0.2, 0.25) is 0 Å². The van der Waals surface area contributed by atoms with Crippen LogP contribution in [-0.4, -0.2) is 36.6 Å². The number of rotatable bonds is 6. The summed E-state index contributed by atoms with van der Waals surface area (Å²) in [5.74, 6) is 1.03. The van der Waals surface area contributed by atoms with Crippen molar-refractivity contribution >= 4 is 5.82 Å². The van der Waals surface area contributed by atoms with Crippen LogP contribution in [0.2, 0.25) is 0 Å². The maximum absolute atomic E-state index is 4.58. The summed E-state index contributed by atoms with van der Waals surface area (Å²) in [7, 11) is 1.97. The fourth-order valence-electron chi connectivity index (χ4n) is 1.66. The van der Waals surface area contributed by atoms with Crippen LogP contribution >= 0.6 is 0 Å². The molecular formula is C12H22N4. The summed E-state index contributed by atoms with van der Waals surface area (Å²) in [5, 5.41) is 3.17. The highest BCUT2D eigenvalue weighted by Gasteiger charge is 2.10. The molecule has 0 aromatic carbocycles. The van der Waals surface area contributed by atoms with E-state index in [1.54, 1.807) is 0 Å². The van der Waals surface area contributed by atoms with E-state index in [2.05, 4.69) is 27.1 Å². The Balaban J connectivity index is 2.85. The monoisotopic (exact) mass is 222 g/mol. The van der Waals surface area contributed by atoms with Gasteiger partial charge >= 0.3 is 0 Å². The van der Waals surface area contributed by atoms with Crippen molar-refractivity contribution in [3.05, 3.63) is 17.6 Å². The average molecular weight is 222 g/mol. The van der Waals surface area contributed by atoms with Gasteiger partial charge in [0.05, 0.1) is 11.4 Å². The van der Waals surface area contributed by atoms with Crippen LogP contribution in [-0.2, 0) is 0 Å². The molecule has 0 fully saturated rings. The predicted molar refractivity (Wildman–Crippen MR) is 67.9 cm³/mol. The van der Waals surface area contributed by atoms with E-state index in [9.17, 15) is 0 Å². The Labute approximate surface area is 98.1 Å². The van der Waals surface area contributed by atoms with E-state index in [4.69, 9.17) is 0 Å². The van der Waals surface area contributed by atoms with Crippen LogP contribution in [0.1, 0.15) is 24.7 Å². The number of aromatic nitrogens is 2. The second-order valence-corrected chi connectivity index (χ2v) is 4.01. The van der Waals surface area contributed by atoms with Gasteiger partial charge in [-0.3, -0.25) is 4.98 Å². The molecule has 0 aliphatic rings. The molecule has 0 aliphatic heterocycles. The lowest BCUT2D eigenvalue weighted by Crippen LogP contribution is -2.33. The molecule has 0 saturated heterocycles. The van der Waals surface area contributed by atoms with Crippen molar-refractivity contribution in [1.82, 2.24) is 15.3 Å². The standard InChI is InChI=1S/C12H22N4/c1-5-7-16(8-6-13-4)12-11(3)14-9-10(2)15-12/h9,13H,5-8H2,1-4H3. The van der Waals surface area contributed by atoms with Gasteiger partial charge in [-0.05, 0) is 27.3 Å². The number of likely N-dealkylation sites (N-methyl/N-ethyl adjacent to an activating group) is 1. The third-order valence-electron chi connectivity index (χ3n) is 2.48. The van der Waals surface area contributed by atoms with Crippen LogP contribution in [0.4, 0.5) is 5.82 Å². The van der Waals surface area contributed by atoms with Crippen molar-refractivity contribution in [2.24, 2.45) is 0 Å². The van der Waals surface area contributed by atoms with Crippen molar-refractivity contribution in [1.29, 1.82) is 0 Å². The third-order valence-corrected chi connectivity index (χ3v) is 2.48. The first-order valence-corrected chi connectivity index (χ1v) is 5.88. The summed E-state index contributed by atoms with van der Waals surface area (Å²) in [4.78, 5) is 11.2. The van der Waals surface area contributed by atoms with E-state index < -0.39 is 0 Å². The molecule has 4 nitrogen and oxygen atoms in total. The van der Waals surface area contributed by atoms with E-state index >= 15 is 0 Å². The summed E-state index contributed by atoms with van der Waals surface area (Å²) < 4.78 is 0. The van der Waals surface area contributed by atoms with Crippen LogP contribution in [0.3, 0.4) is 0 Å². The van der Waals surface area contributed by atoms with Crippen LogP contribution in [0, 0.1) is 13.8 Å². The molecule has 1 rings (SSSR count). The molecule has 1 N–H and O–H groups in total. The minimum Gasteiger partial charge on any atom is -0.354 e. The molecule has 0 atom stereocenters. The van der Waals surface area contributed by atoms with Crippen LogP contribution in [0.25, 0.3) is 0 Å². The zero-order valence-corrected chi connectivity index (χ0v) is 10.7. The topological polar surface area (TPSA) is 41.0 Å². The van der Waals surface area contributed by atoms with E-state index in [0.29, 0.717) is 0 Å². The Bertz CT molecular complexity index is 325. The largest absolute Gasteiger partial charge is 0.354 e. The quantitative estimate of drug-likeness (QED) is 0.792.